The molecule has 1 unspecified atom stereocenters. The molecule has 2 N–H and O–H groups in total. The summed E-state index contributed by atoms with van der Waals surface area (Å²) < 4.78 is 5.58. The molecule has 0 spiro atoms. The van der Waals surface area contributed by atoms with Gasteiger partial charge >= 0.3 is 0 Å². The SMILES string of the molecule is CCCCOc1ccc(C(=O)Nc2ccc(C(C)O)cc2)cc1. The van der Waals surface area contributed by atoms with E-state index in [9.17, 15) is 9.90 Å². The number of benzene rings is 2. The van der Waals surface area contributed by atoms with Crippen molar-refractivity contribution in [2.45, 2.75) is 32.8 Å². The van der Waals surface area contributed by atoms with Gasteiger partial charge in [0.05, 0.1) is 12.7 Å². The first-order valence-electron chi connectivity index (χ1n) is 7.92. The summed E-state index contributed by atoms with van der Waals surface area (Å²) in [5.74, 6) is 0.603. The lowest BCUT2D eigenvalue weighted by Gasteiger charge is -2.09. The first kappa shape index (κ1) is 17.0. The van der Waals surface area contributed by atoms with E-state index in [1.54, 1.807) is 55.5 Å². The fourth-order valence-electron chi connectivity index (χ4n) is 2.09. The molecule has 0 fully saturated rings. The number of hydrogen-bond acceptors (Lipinski definition) is 3. The normalized spacial score (nSPS) is 11.8. The molecule has 0 saturated carbocycles. The Balaban J connectivity index is 1.94. The van der Waals surface area contributed by atoms with Crippen molar-refractivity contribution < 1.29 is 14.6 Å². The molecule has 4 nitrogen and oxygen atoms in total. The number of hydrogen-bond donors (Lipinski definition) is 2. The quantitative estimate of drug-likeness (QED) is 0.754. The monoisotopic (exact) mass is 313 g/mol. The number of anilines is 1. The van der Waals surface area contributed by atoms with Crippen molar-refractivity contribution in [3.63, 3.8) is 0 Å². The van der Waals surface area contributed by atoms with Gasteiger partial charge < -0.3 is 15.2 Å². The van der Waals surface area contributed by atoms with Gasteiger partial charge in [0.25, 0.3) is 5.91 Å². The highest BCUT2D eigenvalue weighted by molar-refractivity contribution is 6.04. The van der Waals surface area contributed by atoms with E-state index >= 15 is 0 Å². The van der Waals surface area contributed by atoms with Crippen molar-refractivity contribution in [1.29, 1.82) is 0 Å². The summed E-state index contributed by atoms with van der Waals surface area (Å²) in [5, 5.41) is 12.3. The largest absolute Gasteiger partial charge is 0.494 e. The van der Waals surface area contributed by atoms with E-state index in [1.807, 2.05) is 0 Å². The summed E-state index contributed by atoms with van der Waals surface area (Å²) in [4.78, 5) is 12.2. The zero-order chi connectivity index (χ0) is 16.7. The van der Waals surface area contributed by atoms with Crippen molar-refractivity contribution in [3.05, 3.63) is 59.7 Å². The second-order valence-corrected chi connectivity index (χ2v) is 5.48. The molecule has 0 aliphatic rings. The lowest BCUT2D eigenvalue weighted by Crippen LogP contribution is -2.11. The molecule has 0 aliphatic heterocycles. The minimum absolute atomic E-state index is 0.171. The van der Waals surface area contributed by atoms with Gasteiger partial charge in [0.15, 0.2) is 0 Å². The summed E-state index contributed by atoms with van der Waals surface area (Å²) in [5.41, 5.74) is 2.09. The maximum atomic E-state index is 12.2. The van der Waals surface area contributed by atoms with E-state index in [0.717, 1.165) is 24.2 Å². The van der Waals surface area contributed by atoms with Crippen LogP contribution in [0, 0.1) is 0 Å². The van der Waals surface area contributed by atoms with Gasteiger partial charge in [0.2, 0.25) is 0 Å². The average molecular weight is 313 g/mol. The van der Waals surface area contributed by atoms with Gasteiger partial charge in [-0.1, -0.05) is 25.5 Å². The molecule has 4 heteroatoms. The topological polar surface area (TPSA) is 58.6 Å². The predicted octanol–water partition coefficient (Wildman–Crippen LogP) is 4.17. The molecule has 2 aromatic carbocycles. The number of amides is 1. The maximum Gasteiger partial charge on any atom is 0.255 e. The zero-order valence-electron chi connectivity index (χ0n) is 13.6. The number of carbonyl (C=O) groups excluding carboxylic acids is 1. The number of rotatable bonds is 7. The van der Waals surface area contributed by atoms with Crippen LogP contribution in [0.25, 0.3) is 0 Å². The van der Waals surface area contributed by atoms with Crippen molar-refractivity contribution >= 4 is 11.6 Å². The average Bonchev–Trinajstić information content (AvgIpc) is 2.56. The first-order valence-corrected chi connectivity index (χ1v) is 7.92. The Morgan fingerprint density at radius 2 is 1.78 bits per heavy atom. The Morgan fingerprint density at radius 1 is 1.13 bits per heavy atom. The van der Waals surface area contributed by atoms with Crippen molar-refractivity contribution in [2.75, 3.05) is 11.9 Å². The molecule has 0 aliphatic carbocycles. The Hall–Kier alpha value is -2.33. The van der Waals surface area contributed by atoms with Crippen LogP contribution in [0.2, 0.25) is 0 Å². The van der Waals surface area contributed by atoms with Gasteiger partial charge in [-0.25, -0.2) is 0 Å². The molecule has 0 heterocycles. The van der Waals surface area contributed by atoms with E-state index in [-0.39, 0.29) is 5.91 Å². The second kappa shape index (κ2) is 8.34. The fraction of sp³-hybridized carbons (Fsp3) is 0.316. The molecule has 2 aromatic rings. The Bertz CT molecular complexity index is 618. The van der Waals surface area contributed by atoms with E-state index in [0.29, 0.717) is 17.9 Å². The fourth-order valence-corrected chi connectivity index (χ4v) is 2.09. The van der Waals surface area contributed by atoms with Crippen LogP contribution >= 0.6 is 0 Å². The molecular weight excluding hydrogens is 290 g/mol. The van der Waals surface area contributed by atoms with E-state index in [4.69, 9.17) is 4.74 Å². The lowest BCUT2D eigenvalue weighted by atomic mass is 10.1. The van der Waals surface area contributed by atoms with Crippen LogP contribution < -0.4 is 10.1 Å². The molecule has 23 heavy (non-hydrogen) atoms. The van der Waals surface area contributed by atoms with Gasteiger partial charge in [-0.15, -0.1) is 0 Å². The second-order valence-electron chi connectivity index (χ2n) is 5.48. The minimum Gasteiger partial charge on any atom is -0.494 e. The Kier molecular flexibility index (Phi) is 6.18. The highest BCUT2D eigenvalue weighted by Gasteiger charge is 2.07. The van der Waals surface area contributed by atoms with Crippen LogP contribution in [-0.2, 0) is 0 Å². The number of nitrogens with one attached hydrogen (secondary N) is 1. The third kappa shape index (κ3) is 5.11. The van der Waals surface area contributed by atoms with E-state index < -0.39 is 6.10 Å². The smallest absolute Gasteiger partial charge is 0.255 e. The summed E-state index contributed by atoms with van der Waals surface area (Å²) in [6, 6.07) is 14.3. The van der Waals surface area contributed by atoms with Crippen molar-refractivity contribution in [2.24, 2.45) is 0 Å². The summed E-state index contributed by atoms with van der Waals surface area (Å²) in [6.07, 6.45) is 1.60. The molecule has 1 atom stereocenters. The predicted molar refractivity (Wildman–Crippen MR) is 91.9 cm³/mol. The van der Waals surface area contributed by atoms with Crippen molar-refractivity contribution in [3.8, 4) is 5.75 Å². The molecule has 0 aromatic heterocycles. The van der Waals surface area contributed by atoms with E-state index in [2.05, 4.69) is 12.2 Å². The van der Waals surface area contributed by atoms with Gasteiger partial charge in [-0.3, -0.25) is 4.79 Å². The standard InChI is InChI=1S/C19H23NO3/c1-3-4-13-23-18-11-7-16(8-12-18)19(22)20-17-9-5-15(6-10-17)14(2)21/h5-12,14,21H,3-4,13H2,1-2H3,(H,20,22). The molecule has 1 amide bonds. The number of ether oxygens (including phenoxy) is 1. The maximum absolute atomic E-state index is 12.2. The van der Waals surface area contributed by atoms with Crippen LogP contribution in [-0.4, -0.2) is 17.6 Å². The highest BCUT2D eigenvalue weighted by atomic mass is 16.5. The Labute approximate surface area is 137 Å². The number of unbranched alkanes of at least 4 members (excludes halogenated alkanes) is 1. The molecule has 2 rings (SSSR count). The van der Waals surface area contributed by atoms with Gasteiger partial charge in [-0.2, -0.15) is 0 Å². The van der Waals surface area contributed by atoms with Crippen LogP contribution in [0.4, 0.5) is 5.69 Å². The van der Waals surface area contributed by atoms with Gasteiger partial charge in [-0.05, 0) is 55.3 Å². The minimum atomic E-state index is -0.514. The molecule has 0 radical (unpaired) electrons. The van der Waals surface area contributed by atoms with Crippen LogP contribution in [0.3, 0.4) is 0 Å². The highest BCUT2D eigenvalue weighted by Crippen LogP contribution is 2.17. The lowest BCUT2D eigenvalue weighted by molar-refractivity contribution is 0.102. The van der Waals surface area contributed by atoms with Gasteiger partial charge in [0.1, 0.15) is 5.75 Å². The third-order valence-corrected chi connectivity index (χ3v) is 3.53. The van der Waals surface area contributed by atoms with Crippen molar-refractivity contribution in [1.82, 2.24) is 0 Å². The van der Waals surface area contributed by atoms with E-state index in [1.165, 1.54) is 0 Å². The summed E-state index contributed by atoms with van der Waals surface area (Å²) in [7, 11) is 0. The molecular formula is C19H23NO3. The van der Waals surface area contributed by atoms with Crippen LogP contribution in [0.5, 0.6) is 5.75 Å². The number of carbonyl (C=O) groups is 1. The molecule has 0 bridgehead atoms. The first-order chi connectivity index (χ1) is 11.1. The summed E-state index contributed by atoms with van der Waals surface area (Å²) >= 11 is 0. The molecule has 122 valence electrons. The van der Waals surface area contributed by atoms with Crippen LogP contribution in [0.1, 0.15) is 48.7 Å². The number of aliphatic hydroxyl groups is 1. The van der Waals surface area contributed by atoms with Gasteiger partial charge in [0, 0.05) is 11.3 Å². The Morgan fingerprint density at radius 3 is 2.35 bits per heavy atom. The third-order valence-electron chi connectivity index (χ3n) is 3.53. The zero-order valence-corrected chi connectivity index (χ0v) is 13.6. The number of aliphatic hydroxyl groups excluding tert-OH is 1. The summed E-state index contributed by atoms with van der Waals surface area (Å²) in [6.45, 7) is 4.51. The molecule has 0 saturated heterocycles. The van der Waals surface area contributed by atoms with Crippen LogP contribution in [0.15, 0.2) is 48.5 Å².